The molecular weight excluding hydrogens is 222 g/mol. The summed E-state index contributed by atoms with van der Waals surface area (Å²) in [5, 5.41) is 3.30. The van der Waals surface area contributed by atoms with Crippen LogP contribution in [0, 0.1) is 5.92 Å². The predicted molar refractivity (Wildman–Crippen MR) is 69.6 cm³/mol. The lowest BCUT2D eigenvalue weighted by molar-refractivity contribution is -0.128. The summed E-state index contributed by atoms with van der Waals surface area (Å²) in [5.74, 6) is 2.36. The highest BCUT2D eigenvalue weighted by molar-refractivity contribution is 7.99. The first-order chi connectivity index (χ1) is 7.74. The summed E-state index contributed by atoms with van der Waals surface area (Å²) in [7, 11) is 0. The number of rotatable bonds is 5. The van der Waals surface area contributed by atoms with Crippen LogP contribution in [0.5, 0.6) is 0 Å². The van der Waals surface area contributed by atoms with Gasteiger partial charge in [-0.05, 0) is 31.2 Å². The molecule has 0 spiro atoms. The molecule has 1 unspecified atom stereocenters. The molecule has 1 fully saturated rings. The largest absolute Gasteiger partial charge is 0.341 e. The first kappa shape index (κ1) is 13.8. The lowest BCUT2D eigenvalue weighted by Crippen LogP contribution is -2.35. The molecule has 0 aromatic heterocycles. The maximum absolute atomic E-state index is 11.9. The van der Waals surface area contributed by atoms with Crippen LogP contribution in [0.1, 0.15) is 13.3 Å². The van der Waals surface area contributed by atoms with E-state index < -0.39 is 0 Å². The zero-order valence-corrected chi connectivity index (χ0v) is 10.9. The number of thioether (sulfide) groups is 1. The molecule has 0 aromatic rings. The van der Waals surface area contributed by atoms with Crippen LogP contribution in [0.15, 0.2) is 0 Å². The van der Waals surface area contributed by atoms with E-state index in [2.05, 4.69) is 12.2 Å². The topological polar surface area (TPSA) is 58.4 Å². The Morgan fingerprint density at radius 3 is 3.06 bits per heavy atom. The summed E-state index contributed by atoms with van der Waals surface area (Å²) in [5.41, 5.74) is 5.54. The molecule has 1 amide bonds. The number of hydrogen-bond donors (Lipinski definition) is 2. The van der Waals surface area contributed by atoms with Crippen LogP contribution in [0.3, 0.4) is 0 Å². The predicted octanol–water partition coefficient (Wildman–Crippen LogP) is 0.136. The second kappa shape index (κ2) is 7.92. The first-order valence-corrected chi connectivity index (χ1v) is 7.15. The van der Waals surface area contributed by atoms with E-state index in [1.807, 2.05) is 4.90 Å². The van der Waals surface area contributed by atoms with Crippen molar-refractivity contribution in [2.45, 2.75) is 13.3 Å². The van der Waals surface area contributed by atoms with Gasteiger partial charge in [0.15, 0.2) is 0 Å². The highest BCUT2D eigenvalue weighted by atomic mass is 32.2. The fourth-order valence-electron chi connectivity index (χ4n) is 1.60. The lowest BCUT2D eigenvalue weighted by atomic mass is 10.2. The zero-order valence-electron chi connectivity index (χ0n) is 10.1. The quantitative estimate of drug-likeness (QED) is 0.723. The van der Waals surface area contributed by atoms with Crippen molar-refractivity contribution in [3.63, 3.8) is 0 Å². The highest BCUT2D eigenvalue weighted by Crippen LogP contribution is 2.09. The molecule has 4 nitrogen and oxygen atoms in total. The Morgan fingerprint density at radius 2 is 2.31 bits per heavy atom. The van der Waals surface area contributed by atoms with E-state index in [0.29, 0.717) is 18.2 Å². The molecule has 0 radical (unpaired) electrons. The van der Waals surface area contributed by atoms with Crippen molar-refractivity contribution in [2.24, 2.45) is 11.7 Å². The number of carbonyl (C=O) groups is 1. The second-order valence-electron chi connectivity index (χ2n) is 4.34. The molecule has 1 aliphatic rings. The summed E-state index contributed by atoms with van der Waals surface area (Å²) in [6.07, 6.45) is 1.07. The highest BCUT2D eigenvalue weighted by Gasteiger charge is 2.15. The lowest BCUT2D eigenvalue weighted by Gasteiger charge is -2.20. The van der Waals surface area contributed by atoms with Gasteiger partial charge in [0.2, 0.25) is 5.91 Å². The summed E-state index contributed by atoms with van der Waals surface area (Å²) >= 11 is 1.70. The fourth-order valence-corrected chi connectivity index (χ4v) is 2.62. The van der Waals surface area contributed by atoms with Crippen molar-refractivity contribution in [1.82, 2.24) is 10.2 Å². The minimum Gasteiger partial charge on any atom is -0.341 e. The maximum Gasteiger partial charge on any atom is 0.232 e. The molecule has 1 saturated heterocycles. The van der Waals surface area contributed by atoms with E-state index in [0.717, 1.165) is 38.4 Å². The van der Waals surface area contributed by atoms with Gasteiger partial charge in [0, 0.05) is 19.6 Å². The van der Waals surface area contributed by atoms with Crippen LogP contribution in [-0.4, -0.2) is 55.0 Å². The summed E-state index contributed by atoms with van der Waals surface area (Å²) in [6, 6.07) is 0. The molecule has 5 heteroatoms. The van der Waals surface area contributed by atoms with Crippen molar-refractivity contribution < 1.29 is 4.79 Å². The van der Waals surface area contributed by atoms with Gasteiger partial charge in [-0.2, -0.15) is 11.8 Å². The molecule has 1 atom stereocenters. The minimum atomic E-state index is 0.276. The van der Waals surface area contributed by atoms with E-state index >= 15 is 0 Å². The van der Waals surface area contributed by atoms with Gasteiger partial charge in [-0.1, -0.05) is 6.92 Å². The number of carbonyl (C=O) groups excluding carboxylic acids is 1. The second-order valence-corrected chi connectivity index (χ2v) is 5.37. The van der Waals surface area contributed by atoms with Crippen LogP contribution in [0.25, 0.3) is 0 Å². The van der Waals surface area contributed by atoms with Crippen molar-refractivity contribution in [3.8, 4) is 0 Å². The van der Waals surface area contributed by atoms with Gasteiger partial charge in [-0.3, -0.25) is 4.79 Å². The molecule has 0 aliphatic carbocycles. The Hall–Kier alpha value is -0.260. The van der Waals surface area contributed by atoms with Crippen molar-refractivity contribution in [1.29, 1.82) is 0 Å². The molecule has 0 bridgehead atoms. The molecule has 1 rings (SSSR count). The maximum atomic E-state index is 11.9. The van der Waals surface area contributed by atoms with Gasteiger partial charge in [-0.15, -0.1) is 0 Å². The number of nitrogens with one attached hydrogen (secondary N) is 1. The molecule has 1 heterocycles. The van der Waals surface area contributed by atoms with Gasteiger partial charge >= 0.3 is 0 Å². The third-order valence-electron chi connectivity index (χ3n) is 2.72. The van der Waals surface area contributed by atoms with Crippen molar-refractivity contribution in [2.75, 3.05) is 44.2 Å². The van der Waals surface area contributed by atoms with Crippen molar-refractivity contribution >= 4 is 17.7 Å². The average molecular weight is 245 g/mol. The monoisotopic (exact) mass is 245 g/mol. The first-order valence-electron chi connectivity index (χ1n) is 6.00. The fraction of sp³-hybridized carbons (Fsp3) is 0.909. The number of amides is 1. The smallest absolute Gasteiger partial charge is 0.232 e. The van der Waals surface area contributed by atoms with Crippen LogP contribution >= 0.6 is 11.8 Å². The summed E-state index contributed by atoms with van der Waals surface area (Å²) in [6.45, 7) is 6.53. The summed E-state index contributed by atoms with van der Waals surface area (Å²) < 4.78 is 0. The van der Waals surface area contributed by atoms with E-state index in [-0.39, 0.29) is 5.91 Å². The van der Waals surface area contributed by atoms with Gasteiger partial charge < -0.3 is 16.0 Å². The van der Waals surface area contributed by atoms with Gasteiger partial charge in [0.25, 0.3) is 0 Å². The minimum absolute atomic E-state index is 0.276. The summed E-state index contributed by atoms with van der Waals surface area (Å²) in [4.78, 5) is 13.8. The van der Waals surface area contributed by atoms with Crippen molar-refractivity contribution in [3.05, 3.63) is 0 Å². The van der Waals surface area contributed by atoms with Gasteiger partial charge in [-0.25, -0.2) is 0 Å². The van der Waals surface area contributed by atoms with Crippen LogP contribution in [-0.2, 0) is 4.79 Å². The third kappa shape index (κ3) is 5.18. The van der Waals surface area contributed by atoms with Crippen LogP contribution < -0.4 is 11.1 Å². The molecule has 16 heavy (non-hydrogen) atoms. The van der Waals surface area contributed by atoms with E-state index in [1.54, 1.807) is 11.8 Å². The van der Waals surface area contributed by atoms with E-state index in [9.17, 15) is 4.79 Å². The van der Waals surface area contributed by atoms with Gasteiger partial charge in [0.05, 0.1) is 5.75 Å². The molecule has 94 valence electrons. The zero-order chi connectivity index (χ0) is 11.8. The van der Waals surface area contributed by atoms with E-state index in [1.165, 1.54) is 0 Å². The molecule has 3 N–H and O–H groups in total. The van der Waals surface area contributed by atoms with Crippen LogP contribution in [0.2, 0.25) is 0 Å². The Labute approximate surface area is 102 Å². The Bertz CT molecular complexity index is 205. The number of nitrogens with zero attached hydrogens (tertiary/aromatic N) is 1. The average Bonchev–Trinajstić information content (AvgIpc) is 2.57. The molecule has 1 aliphatic heterocycles. The Balaban J connectivity index is 2.17. The van der Waals surface area contributed by atoms with E-state index in [4.69, 9.17) is 5.73 Å². The third-order valence-corrected chi connectivity index (χ3v) is 3.98. The number of hydrogen-bond acceptors (Lipinski definition) is 4. The normalized spacial score (nSPS) is 19.2. The molecular formula is C11H23N3OS. The Kier molecular flexibility index (Phi) is 6.84. The SMILES string of the molecule is CC(CN)CSCC(=O)N1CCCNCC1. The Morgan fingerprint density at radius 1 is 1.50 bits per heavy atom. The van der Waals surface area contributed by atoms with Crippen LogP contribution in [0.4, 0.5) is 0 Å². The number of nitrogens with two attached hydrogens (primary N) is 1. The van der Waals surface area contributed by atoms with Gasteiger partial charge in [0.1, 0.15) is 0 Å². The molecule has 0 aromatic carbocycles. The standard InChI is InChI=1S/C11H23N3OS/c1-10(7-12)8-16-9-11(15)14-5-2-3-13-4-6-14/h10,13H,2-9,12H2,1H3. The molecule has 0 saturated carbocycles.